The molecule has 3 rings (SSSR count). The van der Waals surface area contributed by atoms with Gasteiger partial charge >= 0.3 is 0 Å². The van der Waals surface area contributed by atoms with Crippen LogP contribution in [0, 0.1) is 0 Å². The Morgan fingerprint density at radius 3 is 2.41 bits per heavy atom. The zero-order chi connectivity index (χ0) is 21.0. The lowest BCUT2D eigenvalue weighted by Gasteiger charge is -2.15. The number of hydrogen-bond acceptors (Lipinski definition) is 7. The maximum atomic E-state index is 12.7. The van der Waals surface area contributed by atoms with Gasteiger partial charge in [-0.25, -0.2) is 4.90 Å². The second kappa shape index (κ2) is 8.78. The number of benzene rings is 2. The Hall–Kier alpha value is -3.33. The lowest BCUT2D eigenvalue weighted by atomic mass is 10.1. The number of anilines is 1. The summed E-state index contributed by atoms with van der Waals surface area (Å²) in [4.78, 5) is 26.2. The first-order valence-electron chi connectivity index (χ1n) is 8.73. The zero-order valence-electron chi connectivity index (χ0n) is 15.9. The van der Waals surface area contributed by atoms with Crippen LogP contribution in [0.5, 0.6) is 11.5 Å². The average Bonchev–Trinajstić information content (AvgIpc) is 2.99. The first-order valence-corrected chi connectivity index (χ1v) is 9.61. The summed E-state index contributed by atoms with van der Waals surface area (Å²) in [6.07, 6.45) is 0.0341. The number of carbonyl (C=O) groups is 2. The Morgan fingerprint density at radius 1 is 1.14 bits per heavy atom. The van der Waals surface area contributed by atoms with Gasteiger partial charge in [-0.2, -0.15) is 5.10 Å². The van der Waals surface area contributed by atoms with Gasteiger partial charge in [0.2, 0.25) is 11.8 Å². The van der Waals surface area contributed by atoms with Gasteiger partial charge in [-0.1, -0.05) is 11.8 Å². The molecule has 1 fully saturated rings. The molecule has 1 saturated heterocycles. The van der Waals surface area contributed by atoms with Crippen molar-refractivity contribution in [2.75, 3.05) is 12.0 Å². The van der Waals surface area contributed by atoms with Crippen LogP contribution < -0.4 is 15.4 Å². The lowest BCUT2D eigenvalue weighted by Crippen LogP contribution is -2.31. The molecule has 9 heteroatoms. The minimum absolute atomic E-state index is 0.0341. The Labute approximate surface area is 172 Å². The van der Waals surface area contributed by atoms with E-state index in [4.69, 9.17) is 10.5 Å². The summed E-state index contributed by atoms with van der Waals surface area (Å²) < 4.78 is 5.09. The maximum absolute atomic E-state index is 12.7. The number of imide groups is 1. The number of nitrogens with zero attached hydrogens (tertiary/aromatic N) is 3. The van der Waals surface area contributed by atoms with Crippen molar-refractivity contribution in [1.82, 2.24) is 0 Å². The van der Waals surface area contributed by atoms with Gasteiger partial charge in [-0.05, 0) is 61.0 Å². The number of aromatic hydroxyl groups is 1. The number of carbonyl (C=O) groups excluding carboxylic acids is 2. The van der Waals surface area contributed by atoms with Crippen molar-refractivity contribution in [3.63, 3.8) is 0 Å². The van der Waals surface area contributed by atoms with Crippen LogP contribution in [-0.2, 0) is 9.59 Å². The van der Waals surface area contributed by atoms with E-state index in [2.05, 4.69) is 10.2 Å². The molecule has 2 amide bonds. The fourth-order valence-electron chi connectivity index (χ4n) is 2.75. The molecule has 0 radical (unpaired) electrons. The van der Waals surface area contributed by atoms with Crippen LogP contribution in [0.3, 0.4) is 0 Å². The van der Waals surface area contributed by atoms with Crippen LogP contribution in [0.15, 0.2) is 58.7 Å². The van der Waals surface area contributed by atoms with Crippen molar-refractivity contribution in [3.8, 4) is 11.5 Å². The van der Waals surface area contributed by atoms with Gasteiger partial charge in [-0.15, -0.1) is 5.10 Å². The molecule has 0 aliphatic carbocycles. The summed E-state index contributed by atoms with van der Waals surface area (Å²) in [7, 11) is 1.54. The maximum Gasteiger partial charge on any atom is 0.247 e. The van der Waals surface area contributed by atoms with Crippen molar-refractivity contribution in [2.45, 2.75) is 18.6 Å². The van der Waals surface area contributed by atoms with Gasteiger partial charge in [0.1, 0.15) is 16.7 Å². The number of thioether (sulfide) groups is 1. The third kappa shape index (κ3) is 4.75. The molecule has 0 aromatic heterocycles. The fraction of sp³-hybridized carbons (Fsp3) is 0.200. The van der Waals surface area contributed by atoms with Gasteiger partial charge in [0, 0.05) is 6.42 Å². The molecule has 0 spiro atoms. The molecule has 150 valence electrons. The molecule has 1 aliphatic heterocycles. The highest BCUT2D eigenvalue weighted by Gasteiger charge is 2.40. The standard InChI is InChI=1S/C20H20N4O4S/c1-12(13-3-7-15(25)8-4-13)22-23-20(21)29-17-11-18(26)24(19(17)27)14-5-9-16(28-2)10-6-14/h3-10,17,25H,11H2,1-2H3,(H2,21,23)/b22-12+. The largest absolute Gasteiger partial charge is 0.508 e. The number of amidine groups is 1. The average molecular weight is 412 g/mol. The van der Waals surface area contributed by atoms with Crippen molar-refractivity contribution in [1.29, 1.82) is 0 Å². The number of nitrogens with two attached hydrogens (primary N) is 1. The van der Waals surface area contributed by atoms with Crippen LogP contribution in [0.4, 0.5) is 5.69 Å². The molecule has 0 bridgehead atoms. The molecule has 2 aromatic carbocycles. The highest BCUT2D eigenvalue weighted by molar-refractivity contribution is 8.14. The predicted octanol–water partition coefficient (Wildman–Crippen LogP) is 2.50. The molecule has 2 aromatic rings. The second-order valence-electron chi connectivity index (χ2n) is 6.25. The van der Waals surface area contributed by atoms with Crippen LogP contribution in [0.1, 0.15) is 18.9 Å². The zero-order valence-corrected chi connectivity index (χ0v) is 16.7. The van der Waals surface area contributed by atoms with Crippen LogP contribution in [0.25, 0.3) is 0 Å². The summed E-state index contributed by atoms with van der Waals surface area (Å²) in [6, 6.07) is 13.2. The molecule has 1 unspecified atom stereocenters. The van der Waals surface area contributed by atoms with E-state index in [9.17, 15) is 14.7 Å². The first-order chi connectivity index (χ1) is 13.9. The Bertz CT molecular complexity index is 971. The van der Waals surface area contributed by atoms with Crippen LogP contribution >= 0.6 is 11.8 Å². The van der Waals surface area contributed by atoms with E-state index in [1.165, 1.54) is 0 Å². The fourth-order valence-corrected chi connectivity index (χ4v) is 3.56. The number of ether oxygens (including phenoxy) is 1. The molecular formula is C20H20N4O4S. The minimum Gasteiger partial charge on any atom is -0.508 e. The quantitative estimate of drug-likeness (QED) is 0.337. The van der Waals surface area contributed by atoms with Crippen molar-refractivity contribution >= 4 is 40.1 Å². The summed E-state index contributed by atoms with van der Waals surface area (Å²) >= 11 is 1.01. The second-order valence-corrected chi connectivity index (χ2v) is 7.47. The van der Waals surface area contributed by atoms with E-state index < -0.39 is 5.25 Å². The van der Waals surface area contributed by atoms with E-state index in [0.717, 1.165) is 22.2 Å². The number of phenols is 1. The van der Waals surface area contributed by atoms with Gasteiger partial charge < -0.3 is 15.6 Å². The number of amides is 2. The molecule has 0 saturated carbocycles. The summed E-state index contributed by atoms with van der Waals surface area (Å²) in [6.45, 7) is 1.75. The van der Waals surface area contributed by atoms with Gasteiger partial charge in [-0.3, -0.25) is 9.59 Å². The molecular weight excluding hydrogens is 392 g/mol. The Morgan fingerprint density at radius 2 is 1.79 bits per heavy atom. The lowest BCUT2D eigenvalue weighted by molar-refractivity contribution is -0.121. The summed E-state index contributed by atoms with van der Waals surface area (Å²) in [5, 5.41) is 16.8. The molecule has 29 heavy (non-hydrogen) atoms. The first kappa shape index (κ1) is 20.4. The minimum atomic E-state index is -0.655. The van der Waals surface area contributed by atoms with Crippen LogP contribution in [-0.4, -0.2) is 40.2 Å². The van der Waals surface area contributed by atoms with Crippen molar-refractivity contribution in [3.05, 3.63) is 54.1 Å². The number of hydrogen-bond donors (Lipinski definition) is 2. The molecule has 1 heterocycles. The molecule has 8 nitrogen and oxygen atoms in total. The van der Waals surface area contributed by atoms with E-state index in [1.54, 1.807) is 62.6 Å². The van der Waals surface area contributed by atoms with Crippen molar-refractivity contribution < 1.29 is 19.4 Å². The topological polar surface area (TPSA) is 118 Å². The van der Waals surface area contributed by atoms with E-state index in [0.29, 0.717) is 17.1 Å². The van der Waals surface area contributed by atoms with Gasteiger partial charge in [0.25, 0.3) is 0 Å². The highest BCUT2D eigenvalue weighted by Crippen LogP contribution is 2.30. The highest BCUT2D eigenvalue weighted by atomic mass is 32.2. The molecule has 3 N–H and O–H groups in total. The number of rotatable bonds is 5. The number of phenolic OH excluding ortho intramolecular Hbond substituents is 1. The van der Waals surface area contributed by atoms with Gasteiger partial charge in [0.05, 0.1) is 18.5 Å². The summed E-state index contributed by atoms with van der Waals surface area (Å²) in [5.74, 6) is 0.153. The normalized spacial score (nSPS) is 17.7. The number of methoxy groups -OCH3 is 1. The summed E-state index contributed by atoms with van der Waals surface area (Å²) in [5.41, 5.74) is 7.77. The Kier molecular flexibility index (Phi) is 6.18. The molecule has 1 aliphatic rings. The third-order valence-electron chi connectivity index (χ3n) is 4.28. The smallest absolute Gasteiger partial charge is 0.247 e. The van der Waals surface area contributed by atoms with Gasteiger partial charge in [0.15, 0.2) is 5.17 Å². The monoisotopic (exact) mass is 412 g/mol. The Balaban J connectivity index is 1.68. The predicted molar refractivity (Wildman–Crippen MR) is 113 cm³/mol. The van der Waals surface area contributed by atoms with Crippen molar-refractivity contribution in [2.24, 2.45) is 15.9 Å². The van der Waals surface area contributed by atoms with E-state index >= 15 is 0 Å². The van der Waals surface area contributed by atoms with E-state index in [1.807, 2.05) is 0 Å². The SMILES string of the molecule is COc1ccc(N2C(=O)CC(S/C(N)=N/N=C(\C)c3ccc(O)cc3)C2=O)cc1. The molecule has 1 atom stereocenters. The van der Waals surface area contributed by atoms with Crippen LogP contribution in [0.2, 0.25) is 0 Å². The van der Waals surface area contributed by atoms with E-state index in [-0.39, 0.29) is 29.2 Å². The third-order valence-corrected chi connectivity index (χ3v) is 5.26.